The number of carbonyl (C=O) groups excluding carboxylic acids is 2. The van der Waals surface area contributed by atoms with Crippen LogP contribution in [0, 0.1) is 19.8 Å². The molecule has 10 heteroatoms. The van der Waals surface area contributed by atoms with E-state index in [9.17, 15) is 4.79 Å². The predicted molar refractivity (Wildman–Crippen MR) is 204 cm³/mol. The maximum Gasteiger partial charge on any atom is 0.310 e. The molecule has 9 nitrogen and oxygen atoms in total. The van der Waals surface area contributed by atoms with Crippen LogP contribution >= 0.6 is 0 Å². The molecule has 269 valence electrons. The summed E-state index contributed by atoms with van der Waals surface area (Å²) >= 11 is 0. The van der Waals surface area contributed by atoms with E-state index in [1.807, 2.05) is 95.4 Å². The second-order valence-corrected chi connectivity index (χ2v) is 10.6. The Morgan fingerprint density at radius 1 is 0.980 bits per heavy atom. The summed E-state index contributed by atoms with van der Waals surface area (Å²) in [5, 5.41) is 13.4. The number of carbonyl (C=O) groups is 2. The van der Waals surface area contributed by atoms with Crippen molar-refractivity contribution in [3.8, 4) is 22.5 Å². The Morgan fingerprint density at radius 3 is 1.94 bits per heavy atom. The monoisotopic (exact) mass is 759 g/mol. The fourth-order valence-electron chi connectivity index (χ4n) is 4.52. The molecule has 5 rings (SSSR count). The summed E-state index contributed by atoms with van der Waals surface area (Å²) < 4.78 is 4.56. The van der Waals surface area contributed by atoms with Crippen LogP contribution < -0.4 is 5.32 Å². The summed E-state index contributed by atoms with van der Waals surface area (Å²) in [5.74, 6) is -0.359. The molecule has 0 bridgehead atoms. The first kappa shape index (κ1) is 48.4. The molecule has 2 aromatic heterocycles. The molecule has 0 aliphatic carbocycles. The van der Waals surface area contributed by atoms with Crippen molar-refractivity contribution in [2.24, 2.45) is 5.92 Å². The SMILES string of the molecule is C=CCCC.C=O.CC.CNc1ccc(C)c(-c2ccccn2)c1.COC(=O)[C@@H]1CCCN(O)C1.Cc1ccc([NH-])cc1-c1ccccn1.[Y]. The fourth-order valence-corrected chi connectivity index (χ4v) is 4.52. The minimum Gasteiger partial charge on any atom is -0.699 e. The molecule has 1 aliphatic heterocycles. The van der Waals surface area contributed by atoms with Gasteiger partial charge in [0.15, 0.2) is 0 Å². The first-order valence-corrected chi connectivity index (χ1v) is 16.6. The number of benzene rings is 2. The molecule has 0 unspecified atom stereocenters. The van der Waals surface area contributed by atoms with Crippen LogP contribution in [0.1, 0.15) is 57.6 Å². The topological polar surface area (TPSA) is 128 Å². The van der Waals surface area contributed by atoms with E-state index in [1.54, 1.807) is 12.3 Å². The zero-order valence-corrected chi connectivity index (χ0v) is 33.8. The number of esters is 1. The molecule has 3 heterocycles. The summed E-state index contributed by atoms with van der Waals surface area (Å²) in [6.45, 7) is 16.9. The van der Waals surface area contributed by atoms with Gasteiger partial charge in [-0.1, -0.05) is 69.7 Å². The second-order valence-electron chi connectivity index (χ2n) is 10.6. The number of unbranched alkanes of at least 4 members (excludes halogenated alkanes) is 1. The molecule has 2 aromatic carbocycles. The number of rotatable bonds is 6. The van der Waals surface area contributed by atoms with E-state index in [0.717, 1.165) is 47.5 Å². The fraction of sp³-hybridized carbons (Fsp3) is 0.350. The number of anilines is 1. The zero-order chi connectivity index (χ0) is 37.0. The minimum absolute atomic E-state index is 0. The van der Waals surface area contributed by atoms with E-state index in [0.29, 0.717) is 18.8 Å². The van der Waals surface area contributed by atoms with E-state index in [4.69, 9.17) is 15.7 Å². The van der Waals surface area contributed by atoms with Crippen LogP contribution in [-0.4, -0.2) is 60.2 Å². The predicted octanol–water partition coefficient (Wildman–Crippen LogP) is 9.91. The summed E-state index contributed by atoms with van der Waals surface area (Å²) in [6.07, 6.45) is 9.58. The Balaban J connectivity index is 0. The Kier molecular flexibility index (Phi) is 29.1. The minimum atomic E-state index is -0.219. The molecular weight excluding hydrogens is 703 g/mol. The van der Waals surface area contributed by atoms with Crippen LogP contribution in [0.2, 0.25) is 0 Å². The summed E-state index contributed by atoms with van der Waals surface area (Å²) in [7, 11) is 3.30. The van der Waals surface area contributed by atoms with Crippen LogP contribution in [0.4, 0.5) is 11.4 Å². The molecule has 4 aromatic rings. The molecule has 1 aliphatic rings. The van der Waals surface area contributed by atoms with Crippen LogP contribution in [0.25, 0.3) is 28.2 Å². The molecule has 1 radical (unpaired) electrons. The normalized spacial score (nSPS) is 12.6. The number of hydroxylamine groups is 2. The molecule has 1 fully saturated rings. The van der Waals surface area contributed by atoms with Gasteiger partial charge in [0.05, 0.1) is 24.4 Å². The number of aromatic nitrogens is 2. The molecule has 0 amide bonds. The van der Waals surface area contributed by atoms with Crippen molar-refractivity contribution in [2.45, 2.75) is 60.3 Å². The molecule has 1 atom stereocenters. The Morgan fingerprint density at radius 2 is 1.52 bits per heavy atom. The van der Waals surface area contributed by atoms with Crippen LogP contribution in [0.5, 0.6) is 0 Å². The summed E-state index contributed by atoms with van der Waals surface area (Å²) in [5.41, 5.74) is 15.8. The van der Waals surface area contributed by atoms with Gasteiger partial charge in [0, 0.05) is 82.1 Å². The van der Waals surface area contributed by atoms with Crippen molar-refractivity contribution in [1.29, 1.82) is 0 Å². The molecule has 0 spiro atoms. The largest absolute Gasteiger partial charge is 0.699 e. The van der Waals surface area contributed by atoms with Crippen molar-refractivity contribution >= 4 is 24.1 Å². The number of hydrogen-bond donors (Lipinski definition) is 2. The second kappa shape index (κ2) is 30.1. The van der Waals surface area contributed by atoms with Gasteiger partial charge in [-0.05, 0) is 80.6 Å². The van der Waals surface area contributed by atoms with E-state index >= 15 is 0 Å². The quantitative estimate of drug-likeness (QED) is 0.147. The van der Waals surface area contributed by atoms with Gasteiger partial charge < -0.3 is 25.8 Å². The molecule has 1 saturated heterocycles. The van der Waals surface area contributed by atoms with Crippen molar-refractivity contribution < 1.29 is 52.2 Å². The first-order valence-electron chi connectivity index (χ1n) is 16.6. The van der Waals surface area contributed by atoms with Crippen molar-refractivity contribution in [3.63, 3.8) is 0 Å². The smallest absolute Gasteiger partial charge is 0.310 e. The third kappa shape index (κ3) is 18.9. The number of piperidine rings is 1. The third-order valence-corrected chi connectivity index (χ3v) is 7.07. The van der Waals surface area contributed by atoms with E-state index in [2.05, 4.69) is 58.6 Å². The van der Waals surface area contributed by atoms with Gasteiger partial charge in [0.1, 0.15) is 6.79 Å². The van der Waals surface area contributed by atoms with Crippen LogP contribution in [0.15, 0.2) is 97.8 Å². The van der Waals surface area contributed by atoms with Gasteiger partial charge in [-0.3, -0.25) is 14.8 Å². The number of pyridine rings is 2. The number of nitrogens with zero attached hydrogens (tertiary/aromatic N) is 3. The van der Waals surface area contributed by atoms with Crippen molar-refractivity contribution in [3.05, 3.63) is 115 Å². The standard InChI is InChI=1S/C13H14N2.C12H11N2.C7H13NO3.C5H10.C2H6.CH2O.Y/c1-10-6-7-11(14-2)9-12(10)13-5-3-4-8-15-13;1-9-5-6-10(13)8-11(9)12-4-2-3-7-14-12;1-11-7(9)6-3-2-4-8(10)5-6;1-3-5-4-2;2*1-2;/h3-9,14H,1-2H3;2-8,13H,1H3;6,10H,2-5H2,1H3;3H,1,4-5H2,2H3;1-2H3;1H2;/q;-1;;;;;/t;;6-;;;;/m..1..../s1. The molecule has 50 heavy (non-hydrogen) atoms. The van der Waals surface area contributed by atoms with Gasteiger partial charge in [0.25, 0.3) is 0 Å². The van der Waals surface area contributed by atoms with Gasteiger partial charge in [0.2, 0.25) is 0 Å². The number of nitrogens with one attached hydrogen (secondary N) is 2. The summed E-state index contributed by atoms with van der Waals surface area (Å²) in [6, 6.07) is 23.7. The Bertz CT molecular complexity index is 1460. The van der Waals surface area contributed by atoms with Gasteiger partial charge in [-0.25, -0.2) is 0 Å². The number of aryl methyl sites for hydroxylation is 2. The number of allylic oxidation sites excluding steroid dienone is 1. The third-order valence-electron chi connectivity index (χ3n) is 7.07. The van der Waals surface area contributed by atoms with Crippen molar-refractivity contribution in [1.82, 2.24) is 15.0 Å². The maximum atomic E-state index is 11.0. The Labute approximate surface area is 325 Å². The van der Waals surface area contributed by atoms with E-state index in [1.165, 1.54) is 29.7 Å². The van der Waals surface area contributed by atoms with Crippen molar-refractivity contribution in [2.75, 3.05) is 32.6 Å². The zero-order valence-electron chi connectivity index (χ0n) is 31.0. The average Bonchev–Trinajstić information content (AvgIpc) is 3.16. The molecular formula is C40H56N5O4Y-. The number of methoxy groups -OCH3 is 1. The first-order chi connectivity index (χ1) is 23.7. The number of hydrogen-bond acceptors (Lipinski definition) is 8. The summed E-state index contributed by atoms with van der Waals surface area (Å²) in [4.78, 5) is 27.6. The number of ether oxygens (including phenoxy) is 1. The van der Waals surface area contributed by atoms with Gasteiger partial charge in [-0.2, -0.15) is 5.06 Å². The Hall–Kier alpha value is -3.76. The van der Waals surface area contributed by atoms with E-state index < -0.39 is 0 Å². The maximum absolute atomic E-state index is 11.0. The average molecular weight is 760 g/mol. The van der Waals surface area contributed by atoms with Gasteiger partial charge >= 0.3 is 5.97 Å². The van der Waals surface area contributed by atoms with Crippen LogP contribution in [-0.2, 0) is 47.0 Å². The van der Waals surface area contributed by atoms with Gasteiger partial charge in [-0.15, -0.1) is 12.3 Å². The molecule has 3 N–H and O–H groups in total. The van der Waals surface area contributed by atoms with Crippen LogP contribution in [0.3, 0.4) is 0 Å². The molecule has 0 saturated carbocycles. The van der Waals surface area contributed by atoms with E-state index in [-0.39, 0.29) is 44.6 Å².